The molecule has 0 radical (unpaired) electrons. The summed E-state index contributed by atoms with van der Waals surface area (Å²) in [5.41, 5.74) is 4.86. The van der Waals surface area contributed by atoms with Crippen LogP contribution in [0.4, 0.5) is 0 Å². The third-order valence-electron chi connectivity index (χ3n) is 6.36. The van der Waals surface area contributed by atoms with E-state index in [9.17, 15) is 15.3 Å². The summed E-state index contributed by atoms with van der Waals surface area (Å²) in [5.74, 6) is 0.576. The fourth-order valence-electron chi connectivity index (χ4n) is 4.47. The van der Waals surface area contributed by atoms with Crippen molar-refractivity contribution in [2.45, 2.75) is 26.4 Å². The Morgan fingerprint density at radius 3 is 2.62 bits per heavy atom. The summed E-state index contributed by atoms with van der Waals surface area (Å²) in [6.45, 7) is 6.69. The van der Waals surface area contributed by atoms with Gasteiger partial charge in [-0.2, -0.15) is 10.5 Å². The predicted octanol–water partition coefficient (Wildman–Crippen LogP) is 6.01. The molecule has 3 aromatic carbocycles. The molecule has 0 bridgehead atoms. The lowest BCUT2D eigenvalue weighted by Gasteiger charge is -2.17. The van der Waals surface area contributed by atoms with Gasteiger partial charge in [0.2, 0.25) is 0 Å². The number of nitriles is 2. The van der Waals surface area contributed by atoms with Crippen LogP contribution in [0.15, 0.2) is 85.1 Å². The van der Waals surface area contributed by atoms with Crippen LogP contribution in [0.1, 0.15) is 34.7 Å². The topological polar surface area (TPSA) is 111 Å². The number of hydrogen-bond donors (Lipinski definition) is 2. The summed E-state index contributed by atoms with van der Waals surface area (Å²) in [4.78, 5) is 16.1. The molecule has 0 aliphatic carbocycles. The van der Waals surface area contributed by atoms with Gasteiger partial charge in [0.1, 0.15) is 18.2 Å². The van der Waals surface area contributed by atoms with E-state index in [4.69, 9.17) is 9.47 Å². The molecular formula is C33H30N4O3. The van der Waals surface area contributed by atoms with E-state index in [1.165, 1.54) is 0 Å². The quantitative estimate of drug-likeness (QED) is 0.132. The first-order valence-corrected chi connectivity index (χ1v) is 13.0. The molecule has 0 saturated carbocycles. The molecule has 4 rings (SSSR count). The van der Waals surface area contributed by atoms with Crippen LogP contribution in [-0.2, 0) is 24.2 Å². The molecule has 7 heteroatoms. The number of fused-ring (bicyclic) bond motifs is 1. The molecule has 7 nitrogen and oxygen atoms in total. The molecule has 4 aromatic rings. The van der Waals surface area contributed by atoms with Crippen molar-refractivity contribution in [3.05, 3.63) is 113 Å². The highest BCUT2D eigenvalue weighted by Gasteiger charge is 2.16. The minimum atomic E-state index is -0.445. The predicted molar refractivity (Wildman–Crippen MR) is 156 cm³/mol. The average Bonchev–Trinajstić information content (AvgIpc) is 3.39. The number of amides is 1. The number of allylic oxidation sites excluding steroid dienone is 1. The molecule has 0 aliphatic rings. The molecule has 0 spiro atoms. The van der Waals surface area contributed by atoms with E-state index < -0.39 is 5.91 Å². The number of carbonyl (C=O) groups is 1. The van der Waals surface area contributed by atoms with Gasteiger partial charge in [0.05, 0.1) is 18.2 Å². The van der Waals surface area contributed by atoms with Crippen LogP contribution in [-0.4, -0.2) is 24.0 Å². The van der Waals surface area contributed by atoms with Crippen LogP contribution < -0.4 is 14.8 Å². The maximum atomic E-state index is 12.9. The number of ether oxygens (including phenoxy) is 2. The Morgan fingerprint density at radius 2 is 1.85 bits per heavy atom. The van der Waals surface area contributed by atoms with Crippen molar-refractivity contribution < 1.29 is 14.3 Å². The highest BCUT2D eigenvalue weighted by molar-refractivity contribution is 6.01. The molecular weight excluding hydrogens is 500 g/mol. The minimum absolute atomic E-state index is 0.0115. The highest BCUT2D eigenvalue weighted by Crippen LogP contribution is 2.35. The Balaban J connectivity index is 1.53. The molecule has 1 amide bonds. The summed E-state index contributed by atoms with van der Waals surface area (Å²) >= 11 is 0. The summed E-state index contributed by atoms with van der Waals surface area (Å²) in [6.07, 6.45) is 6.35. The molecule has 0 unspecified atom stereocenters. The summed E-state index contributed by atoms with van der Waals surface area (Å²) in [7, 11) is 0. The summed E-state index contributed by atoms with van der Waals surface area (Å²) in [5, 5.41) is 23.1. The summed E-state index contributed by atoms with van der Waals surface area (Å²) < 4.78 is 12.1. The molecule has 1 aromatic heterocycles. The fourth-order valence-corrected chi connectivity index (χ4v) is 4.47. The van der Waals surface area contributed by atoms with E-state index in [1.807, 2.05) is 67.7 Å². The van der Waals surface area contributed by atoms with Crippen molar-refractivity contribution in [3.8, 4) is 23.6 Å². The van der Waals surface area contributed by atoms with Crippen molar-refractivity contribution in [2.24, 2.45) is 0 Å². The maximum absolute atomic E-state index is 12.9. The van der Waals surface area contributed by atoms with Gasteiger partial charge in [0, 0.05) is 34.8 Å². The van der Waals surface area contributed by atoms with Crippen molar-refractivity contribution in [1.29, 1.82) is 10.5 Å². The van der Waals surface area contributed by atoms with E-state index in [-0.39, 0.29) is 12.2 Å². The van der Waals surface area contributed by atoms with Gasteiger partial charge in [0.15, 0.2) is 11.5 Å². The molecule has 40 heavy (non-hydrogen) atoms. The highest BCUT2D eigenvalue weighted by atomic mass is 16.5. The van der Waals surface area contributed by atoms with E-state index in [0.29, 0.717) is 48.6 Å². The lowest BCUT2D eigenvalue weighted by Crippen LogP contribution is -2.26. The summed E-state index contributed by atoms with van der Waals surface area (Å²) in [6, 6.07) is 23.1. The number of rotatable bonds is 12. The Morgan fingerprint density at radius 1 is 1.05 bits per heavy atom. The van der Waals surface area contributed by atoms with Crippen LogP contribution >= 0.6 is 0 Å². The van der Waals surface area contributed by atoms with E-state index in [2.05, 4.69) is 22.9 Å². The smallest absolute Gasteiger partial charge is 0.261 e. The second-order valence-corrected chi connectivity index (χ2v) is 9.03. The Bertz CT molecular complexity index is 1640. The van der Waals surface area contributed by atoms with Crippen LogP contribution in [0, 0.1) is 22.7 Å². The van der Waals surface area contributed by atoms with Crippen LogP contribution in [0.2, 0.25) is 0 Å². The van der Waals surface area contributed by atoms with Crippen LogP contribution in [0.3, 0.4) is 0 Å². The monoisotopic (exact) mass is 530 g/mol. The molecule has 0 saturated heterocycles. The number of H-pyrrole nitrogens is 1. The Kier molecular flexibility index (Phi) is 9.37. The first-order chi connectivity index (χ1) is 19.6. The number of benzene rings is 3. The lowest BCUT2D eigenvalue weighted by molar-refractivity contribution is -0.117. The molecule has 0 atom stereocenters. The number of nitrogens with one attached hydrogen (secondary N) is 2. The van der Waals surface area contributed by atoms with E-state index in [0.717, 1.165) is 27.6 Å². The van der Waals surface area contributed by atoms with Crippen molar-refractivity contribution in [3.63, 3.8) is 0 Å². The van der Waals surface area contributed by atoms with Crippen molar-refractivity contribution in [2.75, 3.05) is 13.2 Å². The van der Waals surface area contributed by atoms with Gasteiger partial charge in [-0.15, -0.1) is 6.58 Å². The van der Waals surface area contributed by atoms with Crippen LogP contribution in [0.5, 0.6) is 11.5 Å². The Hall–Kier alpha value is -5.27. The van der Waals surface area contributed by atoms with Crippen molar-refractivity contribution in [1.82, 2.24) is 10.3 Å². The number of hydrogen-bond acceptors (Lipinski definition) is 5. The van der Waals surface area contributed by atoms with Crippen LogP contribution in [0.25, 0.3) is 17.0 Å². The largest absolute Gasteiger partial charge is 0.490 e. The molecule has 0 fully saturated rings. The maximum Gasteiger partial charge on any atom is 0.261 e. The zero-order valence-electron chi connectivity index (χ0n) is 22.4. The first kappa shape index (κ1) is 27.8. The Labute approximate surface area is 234 Å². The SMILES string of the molecule is C=CCc1cc(/C=C(/C#N)C(=O)NCCc2c[nH]c3ccccc23)cc(OCC)c1OCc1ccccc1C#N. The normalized spacial score (nSPS) is 10.9. The average molecular weight is 531 g/mol. The first-order valence-electron chi connectivity index (χ1n) is 13.0. The number of carbonyl (C=O) groups excluding carboxylic acids is 1. The third kappa shape index (κ3) is 6.59. The second-order valence-electron chi connectivity index (χ2n) is 9.03. The molecule has 0 aliphatic heterocycles. The standard InChI is InChI=1S/C33H30N4O3/c1-3-9-24-16-23(18-31(39-4-2)32(24)40-22-27-11-6-5-10-25(27)19-34)17-28(20-35)33(38)36-15-14-26-21-37-30-13-8-7-12-29(26)30/h3,5-8,10-13,16-18,21,37H,1,4,9,14-15,22H2,2H3,(H,36,38)/b28-17-. The minimum Gasteiger partial charge on any atom is -0.490 e. The van der Waals surface area contributed by atoms with Crippen molar-refractivity contribution >= 4 is 22.9 Å². The zero-order chi connectivity index (χ0) is 28.3. The number of nitrogens with zero attached hydrogens (tertiary/aromatic N) is 2. The number of para-hydroxylation sites is 1. The molecule has 2 N–H and O–H groups in total. The molecule has 1 heterocycles. The zero-order valence-corrected chi connectivity index (χ0v) is 22.4. The van der Waals surface area contributed by atoms with E-state index >= 15 is 0 Å². The van der Waals surface area contributed by atoms with Gasteiger partial charge in [-0.3, -0.25) is 4.79 Å². The van der Waals surface area contributed by atoms with Gasteiger partial charge >= 0.3 is 0 Å². The van der Waals surface area contributed by atoms with Gasteiger partial charge in [-0.05, 0) is 61.2 Å². The lowest BCUT2D eigenvalue weighted by atomic mass is 10.0. The number of aromatic nitrogens is 1. The van der Waals surface area contributed by atoms with Gasteiger partial charge in [-0.1, -0.05) is 42.5 Å². The van der Waals surface area contributed by atoms with Gasteiger partial charge < -0.3 is 19.8 Å². The molecule has 200 valence electrons. The van der Waals surface area contributed by atoms with E-state index in [1.54, 1.807) is 24.3 Å². The third-order valence-corrected chi connectivity index (χ3v) is 6.36. The van der Waals surface area contributed by atoms with Gasteiger partial charge in [-0.25, -0.2) is 0 Å². The van der Waals surface area contributed by atoms with Gasteiger partial charge in [0.25, 0.3) is 5.91 Å². The second kappa shape index (κ2) is 13.5. The number of aromatic amines is 1. The fraction of sp³-hybridized carbons (Fsp3) is 0.182.